The zero-order valence-corrected chi connectivity index (χ0v) is 14.6. The third-order valence-corrected chi connectivity index (χ3v) is 4.03. The molecule has 0 radical (unpaired) electrons. The van der Waals surface area contributed by atoms with Gasteiger partial charge in [-0.15, -0.1) is 0 Å². The van der Waals surface area contributed by atoms with Crippen molar-refractivity contribution in [3.05, 3.63) is 59.2 Å². The Morgan fingerprint density at radius 2 is 1.64 bits per heavy atom. The van der Waals surface area contributed by atoms with Crippen molar-refractivity contribution in [3.8, 4) is 11.5 Å². The summed E-state index contributed by atoms with van der Waals surface area (Å²) in [5.41, 5.74) is 11.3. The maximum Gasteiger partial charge on any atom is 0.161 e. The topological polar surface area (TPSA) is 69.2 Å². The molecule has 1 aliphatic heterocycles. The Balaban J connectivity index is 2.03. The van der Waals surface area contributed by atoms with Gasteiger partial charge in [0.1, 0.15) is 0 Å². The highest BCUT2D eigenvalue weighted by Crippen LogP contribution is 2.32. The molecule has 2 aromatic carbocycles. The summed E-state index contributed by atoms with van der Waals surface area (Å²) in [5, 5.41) is 8.71. The van der Waals surface area contributed by atoms with E-state index in [1.54, 1.807) is 14.2 Å². The Morgan fingerprint density at radius 3 is 2.32 bits per heavy atom. The molecule has 0 saturated heterocycles. The molecular weight excluding hydrogens is 314 g/mol. The van der Waals surface area contributed by atoms with Crippen LogP contribution in [0.1, 0.15) is 23.6 Å². The van der Waals surface area contributed by atoms with Crippen LogP contribution in [0.2, 0.25) is 0 Å². The molecule has 5 nitrogen and oxygen atoms in total. The lowest BCUT2D eigenvalue weighted by molar-refractivity contribution is 0.354. The van der Waals surface area contributed by atoms with Crippen molar-refractivity contribution in [1.82, 2.24) is 0 Å². The van der Waals surface area contributed by atoms with Crippen molar-refractivity contribution >= 4 is 23.2 Å². The van der Waals surface area contributed by atoms with Gasteiger partial charge in [0, 0.05) is 23.4 Å². The molecule has 0 aromatic heterocycles. The number of fused-ring (bicyclic) bond motifs is 1. The lowest BCUT2D eigenvalue weighted by atomic mass is 9.97. The number of nitrogen functional groups attached to an aromatic ring is 1. The molecule has 0 atom stereocenters. The van der Waals surface area contributed by atoms with Crippen LogP contribution in [0.3, 0.4) is 0 Å². The zero-order chi connectivity index (χ0) is 17.8. The van der Waals surface area contributed by atoms with Gasteiger partial charge in [0.05, 0.1) is 19.9 Å². The first-order valence-electron chi connectivity index (χ1n) is 8.00. The maximum absolute atomic E-state index is 5.73. The van der Waals surface area contributed by atoms with Gasteiger partial charge in [0.15, 0.2) is 11.5 Å². The summed E-state index contributed by atoms with van der Waals surface area (Å²) in [4.78, 5) is 0. The van der Waals surface area contributed by atoms with Crippen molar-refractivity contribution in [2.75, 3.05) is 20.0 Å². The largest absolute Gasteiger partial charge is 0.493 e. The predicted octanol–water partition coefficient (Wildman–Crippen LogP) is 3.72. The van der Waals surface area contributed by atoms with Crippen molar-refractivity contribution in [1.29, 1.82) is 0 Å². The fourth-order valence-electron chi connectivity index (χ4n) is 2.72. The van der Waals surface area contributed by atoms with E-state index in [0.29, 0.717) is 11.5 Å². The van der Waals surface area contributed by atoms with E-state index >= 15 is 0 Å². The summed E-state index contributed by atoms with van der Waals surface area (Å²) in [5.74, 6) is 1.38. The van der Waals surface area contributed by atoms with Crippen LogP contribution in [-0.2, 0) is 6.42 Å². The zero-order valence-electron chi connectivity index (χ0n) is 14.6. The number of allylic oxidation sites excluding steroid dienone is 1. The first-order chi connectivity index (χ1) is 12.1. The molecule has 128 valence electrons. The van der Waals surface area contributed by atoms with Gasteiger partial charge in [-0.2, -0.15) is 10.2 Å². The molecule has 0 fully saturated rings. The van der Waals surface area contributed by atoms with Crippen LogP contribution >= 0.6 is 0 Å². The predicted molar refractivity (Wildman–Crippen MR) is 103 cm³/mol. The van der Waals surface area contributed by atoms with E-state index in [2.05, 4.69) is 10.2 Å². The number of nitrogens with two attached hydrogens (primary N) is 1. The molecule has 2 aromatic rings. The van der Waals surface area contributed by atoms with Crippen LogP contribution in [0.25, 0.3) is 6.08 Å². The van der Waals surface area contributed by atoms with E-state index in [1.807, 2.05) is 55.5 Å². The summed E-state index contributed by atoms with van der Waals surface area (Å²) in [7, 11) is 3.27. The van der Waals surface area contributed by atoms with Gasteiger partial charge >= 0.3 is 0 Å². The van der Waals surface area contributed by atoms with Crippen molar-refractivity contribution in [2.45, 2.75) is 13.3 Å². The normalized spacial score (nSPS) is 13.7. The second kappa shape index (κ2) is 7.21. The lowest BCUT2D eigenvalue weighted by Crippen LogP contribution is -2.05. The second-order valence-corrected chi connectivity index (χ2v) is 5.86. The fraction of sp³-hybridized carbons (Fsp3) is 0.200. The van der Waals surface area contributed by atoms with Crippen LogP contribution < -0.4 is 15.2 Å². The highest BCUT2D eigenvalue weighted by atomic mass is 16.5. The Morgan fingerprint density at radius 1 is 0.960 bits per heavy atom. The summed E-state index contributed by atoms with van der Waals surface area (Å²) < 4.78 is 10.9. The van der Waals surface area contributed by atoms with Gasteiger partial charge in [-0.1, -0.05) is 18.2 Å². The molecule has 0 unspecified atom stereocenters. The highest BCUT2D eigenvalue weighted by Gasteiger charge is 2.17. The molecule has 2 N–H and O–H groups in total. The monoisotopic (exact) mass is 335 g/mol. The Kier molecular flexibility index (Phi) is 4.84. The van der Waals surface area contributed by atoms with Crippen LogP contribution in [0.5, 0.6) is 11.5 Å². The van der Waals surface area contributed by atoms with Crippen molar-refractivity contribution in [3.63, 3.8) is 0 Å². The number of anilines is 1. The Hall–Kier alpha value is -3.08. The number of nitrogens with zero attached hydrogens (tertiary/aromatic N) is 2. The molecule has 0 spiro atoms. The third-order valence-electron chi connectivity index (χ3n) is 4.03. The quantitative estimate of drug-likeness (QED) is 0.866. The molecule has 1 aliphatic rings. The average Bonchev–Trinajstić information content (AvgIpc) is 2.78. The summed E-state index contributed by atoms with van der Waals surface area (Å²) >= 11 is 0. The molecular formula is C20H21N3O2. The van der Waals surface area contributed by atoms with Crippen molar-refractivity contribution < 1.29 is 9.47 Å². The molecule has 0 amide bonds. The SMILES string of the molecule is COc1cc2c(cc1OC)C(C=Cc1ccc(N)cc1)=NN=C(C)C2. The molecule has 0 aliphatic carbocycles. The van der Waals surface area contributed by atoms with Gasteiger partial charge in [-0.25, -0.2) is 0 Å². The number of hydrogen-bond acceptors (Lipinski definition) is 5. The molecule has 0 bridgehead atoms. The first-order valence-corrected chi connectivity index (χ1v) is 8.00. The minimum Gasteiger partial charge on any atom is -0.493 e. The number of hydrogen-bond donors (Lipinski definition) is 1. The highest BCUT2D eigenvalue weighted by molar-refractivity contribution is 6.13. The first kappa shape index (κ1) is 16.8. The molecule has 5 heteroatoms. The van der Waals surface area contributed by atoms with Gasteiger partial charge in [0.2, 0.25) is 0 Å². The van der Waals surface area contributed by atoms with Gasteiger partial charge in [0.25, 0.3) is 0 Å². The molecule has 1 heterocycles. The minimum atomic E-state index is 0.675. The van der Waals surface area contributed by atoms with E-state index in [-0.39, 0.29) is 0 Å². The van der Waals surface area contributed by atoms with Crippen LogP contribution in [-0.4, -0.2) is 25.6 Å². The van der Waals surface area contributed by atoms with Crippen LogP contribution in [0, 0.1) is 0 Å². The smallest absolute Gasteiger partial charge is 0.161 e. The number of ether oxygens (including phenoxy) is 2. The lowest BCUT2D eigenvalue weighted by Gasteiger charge is -2.13. The van der Waals surface area contributed by atoms with E-state index in [9.17, 15) is 0 Å². The Bertz CT molecular complexity index is 865. The standard InChI is InChI=1S/C20H21N3O2/c1-13-10-15-11-19(24-2)20(25-3)12-17(15)18(23-22-13)9-6-14-4-7-16(21)8-5-14/h4-9,11-12H,10,21H2,1-3H3. The van der Waals surface area contributed by atoms with Gasteiger partial charge < -0.3 is 15.2 Å². The van der Waals surface area contributed by atoms with E-state index in [4.69, 9.17) is 15.2 Å². The summed E-state index contributed by atoms with van der Waals surface area (Å²) in [6.45, 7) is 1.97. The van der Waals surface area contributed by atoms with E-state index < -0.39 is 0 Å². The number of rotatable bonds is 4. The van der Waals surface area contributed by atoms with E-state index in [0.717, 1.165) is 40.2 Å². The second-order valence-electron chi connectivity index (χ2n) is 5.86. The number of benzene rings is 2. The molecule has 0 saturated carbocycles. The minimum absolute atomic E-state index is 0.675. The third kappa shape index (κ3) is 3.71. The fourth-order valence-corrected chi connectivity index (χ4v) is 2.72. The van der Waals surface area contributed by atoms with Crippen LogP contribution in [0.4, 0.5) is 5.69 Å². The van der Waals surface area contributed by atoms with E-state index in [1.165, 1.54) is 0 Å². The number of methoxy groups -OCH3 is 2. The summed E-state index contributed by atoms with van der Waals surface area (Å²) in [6.07, 6.45) is 4.67. The van der Waals surface area contributed by atoms with Crippen molar-refractivity contribution in [2.24, 2.45) is 10.2 Å². The van der Waals surface area contributed by atoms with Crippen LogP contribution in [0.15, 0.2) is 52.7 Å². The Labute approximate surface area is 147 Å². The van der Waals surface area contributed by atoms with Gasteiger partial charge in [-0.05, 0) is 48.4 Å². The van der Waals surface area contributed by atoms with Gasteiger partial charge in [-0.3, -0.25) is 0 Å². The maximum atomic E-state index is 5.73. The molecule has 3 rings (SSSR count). The summed E-state index contributed by atoms with van der Waals surface area (Å²) in [6, 6.07) is 11.6. The molecule has 25 heavy (non-hydrogen) atoms. The average molecular weight is 335 g/mol.